The van der Waals surface area contributed by atoms with Gasteiger partial charge in [-0.15, -0.1) is 0 Å². The Balaban J connectivity index is 1.46. The van der Waals surface area contributed by atoms with Crippen molar-refractivity contribution in [2.75, 3.05) is 63.6 Å². The lowest BCUT2D eigenvalue weighted by Gasteiger charge is -2.36. The van der Waals surface area contributed by atoms with Crippen LogP contribution in [0.5, 0.6) is 5.75 Å². The Morgan fingerprint density at radius 3 is 2.42 bits per heavy atom. The number of amides is 2. The lowest BCUT2D eigenvalue weighted by molar-refractivity contribution is -0.132. The van der Waals surface area contributed by atoms with Crippen LogP contribution in [0, 0.1) is 5.82 Å². The van der Waals surface area contributed by atoms with Crippen LogP contribution in [-0.2, 0) is 9.59 Å². The molecule has 0 radical (unpaired) electrons. The van der Waals surface area contributed by atoms with E-state index in [2.05, 4.69) is 10.2 Å². The van der Waals surface area contributed by atoms with Crippen LogP contribution in [0.4, 0.5) is 15.8 Å². The zero-order chi connectivity index (χ0) is 22.4. The number of hydrogen-bond acceptors (Lipinski definition) is 5. The van der Waals surface area contributed by atoms with Crippen molar-refractivity contribution in [3.63, 3.8) is 0 Å². The number of nitrogens with zero attached hydrogens (tertiary/aromatic N) is 3. The SMILES string of the molecule is COc1ccc(Cl)cc1NC(=O)CN(C)CC(=O)N1CCN(c2ccc(F)cc2)CC1. The lowest BCUT2D eigenvalue weighted by atomic mass is 10.2. The Morgan fingerprint density at radius 2 is 1.77 bits per heavy atom. The van der Waals surface area contributed by atoms with E-state index in [1.165, 1.54) is 19.2 Å². The highest BCUT2D eigenvalue weighted by molar-refractivity contribution is 6.31. The monoisotopic (exact) mass is 448 g/mol. The summed E-state index contributed by atoms with van der Waals surface area (Å²) in [6.45, 7) is 2.70. The molecule has 0 unspecified atom stereocenters. The van der Waals surface area contributed by atoms with Crippen molar-refractivity contribution in [1.29, 1.82) is 0 Å². The Hall–Kier alpha value is -2.84. The van der Waals surface area contributed by atoms with Crippen molar-refractivity contribution in [1.82, 2.24) is 9.80 Å². The van der Waals surface area contributed by atoms with E-state index in [1.54, 1.807) is 47.2 Å². The van der Waals surface area contributed by atoms with Gasteiger partial charge in [0.25, 0.3) is 0 Å². The van der Waals surface area contributed by atoms with E-state index in [0.29, 0.717) is 42.6 Å². The number of carbonyl (C=O) groups excluding carboxylic acids is 2. The number of carbonyl (C=O) groups is 2. The second-order valence-corrected chi connectivity index (χ2v) is 7.85. The molecule has 0 aliphatic carbocycles. The molecule has 0 aromatic heterocycles. The van der Waals surface area contributed by atoms with Crippen molar-refractivity contribution >= 4 is 34.8 Å². The molecule has 2 amide bonds. The molecule has 1 saturated heterocycles. The number of halogens is 2. The minimum Gasteiger partial charge on any atom is -0.495 e. The summed E-state index contributed by atoms with van der Waals surface area (Å²) in [6.07, 6.45) is 0. The zero-order valence-electron chi connectivity index (χ0n) is 17.6. The topological polar surface area (TPSA) is 65.1 Å². The summed E-state index contributed by atoms with van der Waals surface area (Å²) in [5, 5.41) is 3.25. The average Bonchev–Trinajstić information content (AvgIpc) is 2.74. The molecular weight excluding hydrogens is 423 g/mol. The third kappa shape index (κ3) is 6.32. The molecule has 0 atom stereocenters. The number of piperazine rings is 1. The molecule has 3 rings (SSSR count). The largest absolute Gasteiger partial charge is 0.495 e. The van der Waals surface area contributed by atoms with Gasteiger partial charge < -0.3 is 19.9 Å². The summed E-state index contributed by atoms with van der Waals surface area (Å²) in [6, 6.07) is 11.3. The minimum absolute atomic E-state index is 0.0330. The Labute approximate surface area is 186 Å². The van der Waals surface area contributed by atoms with Crippen LogP contribution < -0.4 is 15.0 Å². The van der Waals surface area contributed by atoms with Crippen LogP contribution >= 0.6 is 11.6 Å². The molecule has 1 aliphatic rings. The van der Waals surface area contributed by atoms with E-state index in [9.17, 15) is 14.0 Å². The molecule has 2 aromatic rings. The van der Waals surface area contributed by atoms with Crippen LogP contribution in [-0.4, -0.2) is 75.0 Å². The smallest absolute Gasteiger partial charge is 0.238 e. The molecule has 2 aromatic carbocycles. The predicted molar refractivity (Wildman–Crippen MR) is 119 cm³/mol. The quantitative estimate of drug-likeness (QED) is 0.705. The average molecular weight is 449 g/mol. The molecule has 0 spiro atoms. The Morgan fingerprint density at radius 1 is 1.10 bits per heavy atom. The van der Waals surface area contributed by atoms with Crippen LogP contribution in [0.1, 0.15) is 0 Å². The second kappa shape index (κ2) is 10.5. The fourth-order valence-electron chi connectivity index (χ4n) is 3.47. The molecule has 31 heavy (non-hydrogen) atoms. The summed E-state index contributed by atoms with van der Waals surface area (Å²) in [5.74, 6) is -0.0552. The van der Waals surface area contributed by atoms with Crippen LogP contribution in [0.15, 0.2) is 42.5 Å². The van der Waals surface area contributed by atoms with Crippen molar-refractivity contribution in [3.05, 3.63) is 53.3 Å². The van der Waals surface area contributed by atoms with Gasteiger partial charge in [0, 0.05) is 36.9 Å². The van der Waals surface area contributed by atoms with E-state index in [-0.39, 0.29) is 30.7 Å². The molecule has 1 N–H and O–H groups in total. The van der Waals surface area contributed by atoms with Gasteiger partial charge in [-0.05, 0) is 49.5 Å². The first-order chi connectivity index (χ1) is 14.9. The highest BCUT2D eigenvalue weighted by Gasteiger charge is 2.23. The molecule has 1 fully saturated rings. The number of rotatable bonds is 7. The van der Waals surface area contributed by atoms with Gasteiger partial charge in [0.1, 0.15) is 11.6 Å². The third-order valence-corrected chi connectivity index (χ3v) is 5.31. The number of hydrogen-bond donors (Lipinski definition) is 1. The molecule has 1 aliphatic heterocycles. The molecule has 7 nitrogen and oxygen atoms in total. The van der Waals surface area contributed by atoms with Gasteiger partial charge in [-0.1, -0.05) is 11.6 Å². The van der Waals surface area contributed by atoms with Gasteiger partial charge in [0.2, 0.25) is 11.8 Å². The first-order valence-corrected chi connectivity index (χ1v) is 10.3. The van der Waals surface area contributed by atoms with E-state index in [1.807, 2.05) is 0 Å². The summed E-state index contributed by atoms with van der Waals surface area (Å²) in [7, 11) is 3.24. The van der Waals surface area contributed by atoms with Crippen molar-refractivity contribution in [2.45, 2.75) is 0 Å². The van der Waals surface area contributed by atoms with Gasteiger partial charge in [-0.25, -0.2) is 4.39 Å². The Bertz CT molecular complexity index is 917. The van der Waals surface area contributed by atoms with Crippen LogP contribution in [0.3, 0.4) is 0 Å². The van der Waals surface area contributed by atoms with E-state index < -0.39 is 0 Å². The molecule has 166 valence electrons. The summed E-state index contributed by atoms with van der Waals surface area (Å²) < 4.78 is 18.3. The van der Waals surface area contributed by atoms with E-state index in [4.69, 9.17) is 16.3 Å². The molecule has 0 saturated carbocycles. The fraction of sp³-hybridized carbons (Fsp3) is 0.364. The van der Waals surface area contributed by atoms with Crippen molar-refractivity contribution in [2.24, 2.45) is 0 Å². The number of nitrogens with one attached hydrogen (secondary N) is 1. The normalized spacial score (nSPS) is 14.0. The maximum absolute atomic E-state index is 13.1. The minimum atomic E-state index is -0.267. The van der Waals surface area contributed by atoms with Crippen molar-refractivity contribution in [3.8, 4) is 5.75 Å². The molecule has 1 heterocycles. The summed E-state index contributed by atoms with van der Waals surface area (Å²) in [4.78, 5) is 30.6. The van der Waals surface area contributed by atoms with Gasteiger partial charge in [-0.3, -0.25) is 14.5 Å². The number of ether oxygens (including phenoxy) is 1. The third-order valence-electron chi connectivity index (χ3n) is 5.08. The highest BCUT2D eigenvalue weighted by Crippen LogP contribution is 2.27. The van der Waals surface area contributed by atoms with Gasteiger partial charge >= 0.3 is 0 Å². The number of methoxy groups -OCH3 is 1. The van der Waals surface area contributed by atoms with Gasteiger partial charge in [0.15, 0.2) is 0 Å². The number of likely N-dealkylation sites (N-methyl/N-ethyl adjacent to an activating group) is 1. The second-order valence-electron chi connectivity index (χ2n) is 7.41. The predicted octanol–water partition coefficient (Wildman–Crippen LogP) is 2.71. The fourth-order valence-corrected chi connectivity index (χ4v) is 3.64. The number of anilines is 2. The summed E-state index contributed by atoms with van der Waals surface area (Å²) >= 11 is 5.99. The Kier molecular flexibility index (Phi) is 7.70. The molecule has 0 bridgehead atoms. The van der Waals surface area contributed by atoms with Crippen molar-refractivity contribution < 1.29 is 18.7 Å². The first-order valence-electron chi connectivity index (χ1n) is 9.96. The standard InChI is InChI=1S/C22H26ClFN4O3/c1-26(14-21(29)25-19-13-16(23)3-8-20(19)31-2)15-22(30)28-11-9-27(10-12-28)18-6-4-17(24)5-7-18/h3-8,13H,9-12,14-15H2,1-2H3,(H,25,29). The maximum atomic E-state index is 13.1. The van der Waals surface area contributed by atoms with Gasteiger partial charge in [-0.2, -0.15) is 0 Å². The number of benzene rings is 2. The first kappa shape index (κ1) is 22.8. The lowest BCUT2D eigenvalue weighted by Crippen LogP contribution is -2.51. The maximum Gasteiger partial charge on any atom is 0.238 e. The van der Waals surface area contributed by atoms with E-state index >= 15 is 0 Å². The zero-order valence-corrected chi connectivity index (χ0v) is 18.4. The molecular formula is C22H26ClFN4O3. The summed E-state index contributed by atoms with van der Waals surface area (Å²) in [5.41, 5.74) is 1.43. The highest BCUT2D eigenvalue weighted by atomic mass is 35.5. The van der Waals surface area contributed by atoms with E-state index in [0.717, 1.165) is 5.69 Å². The van der Waals surface area contributed by atoms with Crippen LogP contribution in [0.25, 0.3) is 0 Å². The molecule has 9 heteroatoms. The van der Waals surface area contributed by atoms with Crippen LogP contribution in [0.2, 0.25) is 5.02 Å². The van der Waals surface area contributed by atoms with Gasteiger partial charge in [0.05, 0.1) is 25.9 Å².